The van der Waals surface area contributed by atoms with Gasteiger partial charge in [0.2, 0.25) is 0 Å². The van der Waals surface area contributed by atoms with Crippen molar-refractivity contribution in [2.24, 2.45) is 10.2 Å². The van der Waals surface area contributed by atoms with Crippen molar-refractivity contribution in [1.82, 2.24) is 9.38 Å². The summed E-state index contributed by atoms with van der Waals surface area (Å²) < 4.78 is 15.2. The Bertz CT molecular complexity index is 1130. The Morgan fingerprint density at radius 3 is 2.30 bits per heavy atom. The second kappa shape index (κ2) is 6.76. The summed E-state index contributed by atoms with van der Waals surface area (Å²) in [6.45, 7) is 6.13. The smallest absolute Gasteiger partial charge is 0.187 e. The third-order valence-corrected chi connectivity index (χ3v) is 4.50. The average Bonchev–Trinajstić information content (AvgIpc) is 3.00. The van der Waals surface area contributed by atoms with Gasteiger partial charge in [-0.3, -0.25) is 4.40 Å². The van der Waals surface area contributed by atoms with E-state index in [9.17, 15) is 4.39 Å². The predicted molar refractivity (Wildman–Crippen MR) is 105 cm³/mol. The van der Waals surface area contributed by atoms with Crippen LogP contribution >= 0.6 is 0 Å². The topological polar surface area (TPSA) is 42.0 Å². The molecule has 5 heteroatoms. The lowest BCUT2D eigenvalue weighted by Gasteiger charge is -2.05. The number of fused-ring (bicyclic) bond motifs is 1. The fourth-order valence-corrected chi connectivity index (χ4v) is 3.31. The number of nitrogens with zero attached hydrogens (tertiary/aromatic N) is 4. The van der Waals surface area contributed by atoms with E-state index in [1.807, 2.05) is 42.6 Å². The summed E-state index contributed by atoms with van der Waals surface area (Å²) in [7, 11) is 0. The van der Waals surface area contributed by atoms with Gasteiger partial charge in [0.15, 0.2) is 5.82 Å². The molecular formula is C22H19FN4. The summed E-state index contributed by atoms with van der Waals surface area (Å²) in [5, 5.41) is 9.08. The highest BCUT2D eigenvalue weighted by Gasteiger charge is 2.14. The van der Waals surface area contributed by atoms with E-state index < -0.39 is 0 Å². The van der Waals surface area contributed by atoms with Crippen molar-refractivity contribution >= 4 is 17.2 Å². The fourth-order valence-electron chi connectivity index (χ4n) is 3.31. The number of azo groups is 1. The minimum atomic E-state index is -0.281. The number of pyridine rings is 1. The van der Waals surface area contributed by atoms with Crippen LogP contribution in [-0.4, -0.2) is 9.38 Å². The molecule has 0 aliphatic heterocycles. The van der Waals surface area contributed by atoms with Crippen molar-refractivity contribution in [1.29, 1.82) is 0 Å². The first kappa shape index (κ1) is 17.1. The molecule has 0 aliphatic carbocycles. The lowest BCUT2D eigenvalue weighted by molar-refractivity contribution is 0.628. The summed E-state index contributed by atoms with van der Waals surface area (Å²) in [6.07, 6.45) is 1.90. The van der Waals surface area contributed by atoms with E-state index in [0.29, 0.717) is 11.5 Å². The molecule has 0 atom stereocenters. The zero-order valence-corrected chi connectivity index (χ0v) is 15.4. The number of imidazole rings is 1. The standard InChI is InChI=1S/C22H19FN4/c1-14-12-15(2)20(16(3)13-14)25-26-22-21(17-7-9-18(23)10-8-17)24-19-6-4-5-11-27(19)22/h4-13H,1-3H3. The lowest BCUT2D eigenvalue weighted by atomic mass is 10.1. The van der Waals surface area contributed by atoms with E-state index in [1.54, 1.807) is 12.1 Å². The second-order valence-corrected chi connectivity index (χ2v) is 6.67. The zero-order valence-electron chi connectivity index (χ0n) is 15.4. The van der Waals surface area contributed by atoms with Crippen molar-refractivity contribution in [3.8, 4) is 11.3 Å². The highest BCUT2D eigenvalue weighted by Crippen LogP contribution is 2.33. The van der Waals surface area contributed by atoms with Crippen LogP contribution in [0.3, 0.4) is 0 Å². The molecule has 0 saturated carbocycles. The van der Waals surface area contributed by atoms with Crippen molar-refractivity contribution in [3.63, 3.8) is 0 Å². The lowest BCUT2D eigenvalue weighted by Crippen LogP contribution is -1.84. The molecule has 0 amide bonds. The Balaban J connectivity index is 1.88. The van der Waals surface area contributed by atoms with Crippen LogP contribution in [0.15, 0.2) is 71.0 Å². The molecule has 0 spiro atoms. The van der Waals surface area contributed by atoms with Gasteiger partial charge in [0, 0.05) is 11.8 Å². The number of benzene rings is 2. The van der Waals surface area contributed by atoms with Crippen LogP contribution in [0.5, 0.6) is 0 Å². The third-order valence-electron chi connectivity index (χ3n) is 4.50. The van der Waals surface area contributed by atoms with E-state index in [2.05, 4.69) is 34.3 Å². The molecule has 2 aromatic carbocycles. The maximum Gasteiger partial charge on any atom is 0.187 e. The molecule has 134 valence electrons. The van der Waals surface area contributed by atoms with Crippen molar-refractivity contribution in [2.45, 2.75) is 20.8 Å². The quantitative estimate of drug-likeness (QED) is 0.386. The third kappa shape index (κ3) is 3.24. The molecule has 2 heterocycles. The molecule has 0 unspecified atom stereocenters. The molecule has 2 aromatic heterocycles. The van der Waals surface area contributed by atoms with Crippen molar-refractivity contribution < 1.29 is 4.39 Å². The maximum absolute atomic E-state index is 13.3. The SMILES string of the molecule is Cc1cc(C)c(N=Nc2c(-c3ccc(F)cc3)nc3ccccn23)c(C)c1. The number of hydrogen-bond acceptors (Lipinski definition) is 3. The van der Waals surface area contributed by atoms with Crippen LogP contribution in [0.4, 0.5) is 15.9 Å². The van der Waals surface area contributed by atoms with Crippen LogP contribution in [0.1, 0.15) is 16.7 Å². The Morgan fingerprint density at radius 1 is 0.889 bits per heavy atom. The Hall–Kier alpha value is -3.34. The van der Waals surface area contributed by atoms with Gasteiger partial charge in [-0.25, -0.2) is 9.37 Å². The van der Waals surface area contributed by atoms with Gasteiger partial charge in [-0.2, -0.15) is 0 Å². The summed E-state index contributed by atoms with van der Waals surface area (Å²) in [6, 6.07) is 16.2. The summed E-state index contributed by atoms with van der Waals surface area (Å²) in [5.41, 5.74) is 6.45. The fraction of sp³-hybridized carbons (Fsp3) is 0.136. The summed E-state index contributed by atoms with van der Waals surface area (Å²) in [4.78, 5) is 4.67. The zero-order chi connectivity index (χ0) is 19.0. The van der Waals surface area contributed by atoms with Gasteiger partial charge in [0.05, 0.1) is 5.69 Å². The highest BCUT2D eigenvalue weighted by atomic mass is 19.1. The molecule has 4 aromatic rings. The van der Waals surface area contributed by atoms with Gasteiger partial charge in [-0.15, -0.1) is 10.2 Å². The summed E-state index contributed by atoms with van der Waals surface area (Å²) in [5.74, 6) is 0.341. The van der Waals surface area contributed by atoms with E-state index in [0.717, 1.165) is 28.0 Å². The Kier molecular flexibility index (Phi) is 4.28. The van der Waals surface area contributed by atoms with Gasteiger partial charge in [-0.1, -0.05) is 23.8 Å². The van der Waals surface area contributed by atoms with Gasteiger partial charge in [0.25, 0.3) is 0 Å². The van der Waals surface area contributed by atoms with E-state index >= 15 is 0 Å². The van der Waals surface area contributed by atoms with Gasteiger partial charge < -0.3 is 0 Å². The Labute approximate surface area is 157 Å². The summed E-state index contributed by atoms with van der Waals surface area (Å²) >= 11 is 0. The minimum absolute atomic E-state index is 0.281. The number of aryl methyl sites for hydroxylation is 3. The first-order chi connectivity index (χ1) is 13.0. The second-order valence-electron chi connectivity index (χ2n) is 6.67. The molecule has 27 heavy (non-hydrogen) atoms. The predicted octanol–water partition coefficient (Wildman–Crippen LogP) is 6.48. The van der Waals surface area contributed by atoms with Crippen LogP contribution in [0.2, 0.25) is 0 Å². The van der Waals surface area contributed by atoms with Crippen LogP contribution in [0, 0.1) is 26.6 Å². The van der Waals surface area contributed by atoms with Crippen LogP contribution in [0.25, 0.3) is 16.9 Å². The van der Waals surface area contributed by atoms with Crippen molar-refractivity contribution in [3.05, 3.63) is 83.3 Å². The molecule has 0 saturated heterocycles. The number of halogens is 1. The van der Waals surface area contributed by atoms with E-state index in [-0.39, 0.29) is 5.82 Å². The normalized spacial score (nSPS) is 11.6. The first-order valence-corrected chi connectivity index (χ1v) is 8.75. The molecule has 0 radical (unpaired) electrons. The molecule has 4 rings (SSSR count). The molecule has 4 nitrogen and oxygen atoms in total. The average molecular weight is 358 g/mol. The van der Waals surface area contributed by atoms with E-state index in [1.165, 1.54) is 17.7 Å². The molecule has 0 fully saturated rings. The molecule has 0 bridgehead atoms. The van der Waals surface area contributed by atoms with Gasteiger partial charge in [0.1, 0.15) is 17.2 Å². The van der Waals surface area contributed by atoms with Crippen LogP contribution in [-0.2, 0) is 0 Å². The molecule has 0 aliphatic rings. The van der Waals surface area contributed by atoms with Gasteiger partial charge >= 0.3 is 0 Å². The molecular weight excluding hydrogens is 339 g/mol. The van der Waals surface area contributed by atoms with Crippen molar-refractivity contribution in [2.75, 3.05) is 0 Å². The Morgan fingerprint density at radius 2 is 1.59 bits per heavy atom. The number of rotatable bonds is 3. The van der Waals surface area contributed by atoms with E-state index in [4.69, 9.17) is 0 Å². The monoisotopic (exact) mass is 358 g/mol. The van der Waals surface area contributed by atoms with Crippen LogP contribution < -0.4 is 0 Å². The largest absolute Gasteiger partial charge is 0.283 e. The van der Waals surface area contributed by atoms with Gasteiger partial charge in [-0.05, 0) is 68.3 Å². The number of hydrogen-bond donors (Lipinski definition) is 0. The number of aromatic nitrogens is 2. The molecule has 0 N–H and O–H groups in total. The maximum atomic E-state index is 13.3. The first-order valence-electron chi connectivity index (χ1n) is 8.75. The highest BCUT2D eigenvalue weighted by molar-refractivity contribution is 5.74. The minimum Gasteiger partial charge on any atom is -0.283 e.